The maximum Gasteiger partial charge on any atom is 0.252 e. The average Bonchev–Trinajstić information content (AvgIpc) is 3.21. The molecule has 0 aliphatic carbocycles. The van der Waals surface area contributed by atoms with E-state index < -0.39 is 10.0 Å². The summed E-state index contributed by atoms with van der Waals surface area (Å²) < 4.78 is 27.5. The van der Waals surface area contributed by atoms with Gasteiger partial charge in [-0.25, -0.2) is 22.7 Å². The van der Waals surface area contributed by atoms with Gasteiger partial charge >= 0.3 is 0 Å². The van der Waals surface area contributed by atoms with Gasteiger partial charge in [0.05, 0.1) is 11.3 Å². The average molecular weight is 366 g/mol. The number of nitrogens with two attached hydrogens (primary N) is 1. The lowest BCUT2D eigenvalue weighted by molar-refractivity contribution is 0.0956. The highest BCUT2D eigenvalue weighted by atomic mass is 32.2. The van der Waals surface area contributed by atoms with Gasteiger partial charge in [-0.15, -0.1) is 0 Å². The first-order chi connectivity index (χ1) is 11.9. The van der Waals surface area contributed by atoms with Crippen LogP contribution in [0, 0.1) is 0 Å². The molecule has 0 bridgehead atoms. The number of imidazole rings is 1. The van der Waals surface area contributed by atoms with E-state index in [-0.39, 0.29) is 18.2 Å². The molecule has 0 aromatic carbocycles. The maximum absolute atomic E-state index is 12.2. The van der Waals surface area contributed by atoms with Gasteiger partial charge in [-0.2, -0.15) is 0 Å². The molecule has 3 N–H and O–H groups in total. The SMILES string of the molecule is CCn1c(N)nc2cc(C(=O)NCCS(=O)(=O)N3CCCC3)cnc21. The zero-order chi connectivity index (χ0) is 18.0. The Hall–Kier alpha value is -2.20. The summed E-state index contributed by atoms with van der Waals surface area (Å²) in [5.41, 5.74) is 7.30. The number of aromatic nitrogens is 3. The van der Waals surface area contributed by atoms with Crippen LogP contribution < -0.4 is 11.1 Å². The first kappa shape index (κ1) is 17.6. The second-order valence-corrected chi connectivity index (χ2v) is 8.05. The van der Waals surface area contributed by atoms with Crippen molar-refractivity contribution in [2.75, 3.05) is 31.1 Å². The monoisotopic (exact) mass is 366 g/mol. The van der Waals surface area contributed by atoms with E-state index in [4.69, 9.17) is 5.73 Å². The zero-order valence-electron chi connectivity index (χ0n) is 14.1. The number of nitrogens with zero attached hydrogens (tertiary/aromatic N) is 4. The van der Waals surface area contributed by atoms with Gasteiger partial charge in [0.2, 0.25) is 16.0 Å². The number of carbonyl (C=O) groups excluding carboxylic acids is 1. The lowest BCUT2D eigenvalue weighted by Gasteiger charge is -2.15. The molecule has 1 amide bonds. The number of aryl methyl sites for hydroxylation is 1. The van der Waals surface area contributed by atoms with Crippen LogP contribution in [0.4, 0.5) is 5.95 Å². The van der Waals surface area contributed by atoms with Crippen LogP contribution in [0.2, 0.25) is 0 Å². The Labute approximate surface area is 146 Å². The predicted octanol–water partition coefficient (Wildman–Crippen LogP) is 0.189. The Morgan fingerprint density at radius 2 is 2.08 bits per heavy atom. The van der Waals surface area contributed by atoms with E-state index in [1.54, 1.807) is 10.6 Å². The molecule has 3 rings (SSSR count). The molecule has 10 heteroatoms. The van der Waals surface area contributed by atoms with E-state index in [9.17, 15) is 13.2 Å². The molecule has 0 atom stereocenters. The second kappa shape index (κ2) is 6.96. The predicted molar refractivity (Wildman–Crippen MR) is 94.5 cm³/mol. The van der Waals surface area contributed by atoms with Crippen molar-refractivity contribution >= 4 is 33.0 Å². The van der Waals surface area contributed by atoms with Crippen molar-refractivity contribution in [3.63, 3.8) is 0 Å². The number of nitrogens with one attached hydrogen (secondary N) is 1. The summed E-state index contributed by atoms with van der Waals surface area (Å²) in [6.45, 7) is 3.76. The van der Waals surface area contributed by atoms with Crippen LogP contribution in [0.25, 0.3) is 11.2 Å². The number of hydrogen-bond acceptors (Lipinski definition) is 6. The molecule has 25 heavy (non-hydrogen) atoms. The summed E-state index contributed by atoms with van der Waals surface area (Å²) in [5.74, 6) is -0.138. The molecule has 2 aromatic heterocycles. The minimum atomic E-state index is -3.31. The van der Waals surface area contributed by atoms with E-state index in [0.29, 0.717) is 42.3 Å². The van der Waals surface area contributed by atoms with Crippen molar-refractivity contribution in [2.24, 2.45) is 0 Å². The highest BCUT2D eigenvalue weighted by Gasteiger charge is 2.25. The molecule has 136 valence electrons. The van der Waals surface area contributed by atoms with Crippen molar-refractivity contribution in [1.82, 2.24) is 24.2 Å². The van der Waals surface area contributed by atoms with Gasteiger partial charge in [0.15, 0.2) is 5.65 Å². The fourth-order valence-corrected chi connectivity index (χ4v) is 4.39. The molecule has 0 saturated carbocycles. The molecule has 0 spiro atoms. The Morgan fingerprint density at radius 3 is 2.76 bits per heavy atom. The van der Waals surface area contributed by atoms with Gasteiger partial charge in [0, 0.05) is 32.4 Å². The molecule has 0 unspecified atom stereocenters. The Morgan fingerprint density at radius 1 is 1.36 bits per heavy atom. The third-order valence-electron chi connectivity index (χ3n) is 4.30. The Balaban J connectivity index is 1.64. The van der Waals surface area contributed by atoms with Crippen molar-refractivity contribution in [2.45, 2.75) is 26.3 Å². The lowest BCUT2D eigenvalue weighted by Crippen LogP contribution is -2.36. The quantitative estimate of drug-likeness (QED) is 0.752. The van der Waals surface area contributed by atoms with Gasteiger partial charge in [0.25, 0.3) is 5.91 Å². The number of rotatable bonds is 6. The molecule has 1 saturated heterocycles. The topological polar surface area (TPSA) is 123 Å². The van der Waals surface area contributed by atoms with Crippen LogP contribution in [0.1, 0.15) is 30.1 Å². The van der Waals surface area contributed by atoms with Crippen LogP contribution in [-0.2, 0) is 16.6 Å². The smallest absolute Gasteiger partial charge is 0.252 e. The van der Waals surface area contributed by atoms with Gasteiger partial charge in [0.1, 0.15) is 5.52 Å². The van der Waals surface area contributed by atoms with Gasteiger partial charge in [-0.05, 0) is 25.8 Å². The maximum atomic E-state index is 12.2. The Kier molecular flexibility index (Phi) is 4.91. The third kappa shape index (κ3) is 3.59. The van der Waals surface area contributed by atoms with Crippen LogP contribution in [0.15, 0.2) is 12.3 Å². The normalized spacial score (nSPS) is 15.7. The van der Waals surface area contributed by atoms with Gasteiger partial charge < -0.3 is 11.1 Å². The number of amides is 1. The highest BCUT2D eigenvalue weighted by Crippen LogP contribution is 2.17. The van der Waals surface area contributed by atoms with Crippen LogP contribution in [0.3, 0.4) is 0 Å². The van der Waals surface area contributed by atoms with E-state index in [1.165, 1.54) is 10.5 Å². The van der Waals surface area contributed by atoms with Gasteiger partial charge in [-0.1, -0.05) is 0 Å². The Bertz CT molecular complexity index is 886. The molecule has 2 aromatic rings. The number of pyridine rings is 1. The first-order valence-electron chi connectivity index (χ1n) is 8.30. The number of nitrogen functional groups attached to an aromatic ring is 1. The third-order valence-corrected chi connectivity index (χ3v) is 6.17. The van der Waals surface area contributed by atoms with Gasteiger partial charge in [-0.3, -0.25) is 9.36 Å². The number of anilines is 1. The standard InChI is InChI=1S/C15H22N6O3S/c1-2-21-13-12(19-15(21)16)9-11(10-18-13)14(22)17-5-8-25(23,24)20-6-3-4-7-20/h9-10H,2-8H2,1H3,(H2,16,19)(H,17,22). The molecular formula is C15H22N6O3S. The summed E-state index contributed by atoms with van der Waals surface area (Å²) in [7, 11) is -3.31. The lowest BCUT2D eigenvalue weighted by atomic mass is 10.2. The second-order valence-electron chi connectivity index (χ2n) is 5.96. The number of sulfonamides is 1. The van der Waals surface area contributed by atoms with Crippen LogP contribution in [-0.4, -0.2) is 58.6 Å². The van der Waals surface area contributed by atoms with E-state index in [2.05, 4.69) is 15.3 Å². The van der Waals surface area contributed by atoms with E-state index in [0.717, 1.165) is 12.8 Å². The first-order valence-corrected chi connectivity index (χ1v) is 9.91. The number of carbonyl (C=O) groups is 1. The number of fused-ring (bicyclic) bond motifs is 1. The van der Waals surface area contributed by atoms with Crippen molar-refractivity contribution in [1.29, 1.82) is 0 Å². The number of hydrogen-bond donors (Lipinski definition) is 2. The largest absolute Gasteiger partial charge is 0.369 e. The molecule has 9 nitrogen and oxygen atoms in total. The van der Waals surface area contributed by atoms with Crippen molar-refractivity contribution < 1.29 is 13.2 Å². The fraction of sp³-hybridized carbons (Fsp3) is 0.533. The highest BCUT2D eigenvalue weighted by molar-refractivity contribution is 7.89. The molecule has 1 fully saturated rings. The summed E-state index contributed by atoms with van der Waals surface area (Å²) in [4.78, 5) is 20.7. The molecule has 1 aliphatic heterocycles. The van der Waals surface area contributed by atoms with Crippen molar-refractivity contribution in [3.05, 3.63) is 17.8 Å². The van der Waals surface area contributed by atoms with E-state index >= 15 is 0 Å². The summed E-state index contributed by atoms with van der Waals surface area (Å²) >= 11 is 0. The summed E-state index contributed by atoms with van der Waals surface area (Å²) in [6, 6.07) is 1.61. The fourth-order valence-electron chi connectivity index (χ4n) is 2.96. The van der Waals surface area contributed by atoms with Crippen molar-refractivity contribution in [3.8, 4) is 0 Å². The molecule has 0 radical (unpaired) electrons. The molecule has 1 aliphatic rings. The van der Waals surface area contributed by atoms with E-state index in [1.807, 2.05) is 6.92 Å². The summed E-state index contributed by atoms with van der Waals surface area (Å²) in [5, 5.41) is 2.63. The molecule has 3 heterocycles. The zero-order valence-corrected chi connectivity index (χ0v) is 14.9. The van der Waals surface area contributed by atoms with Crippen LogP contribution >= 0.6 is 0 Å². The van der Waals surface area contributed by atoms with Crippen LogP contribution in [0.5, 0.6) is 0 Å². The molecular weight excluding hydrogens is 344 g/mol. The summed E-state index contributed by atoms with van der Waals surface area (Å²) in [6.07, 6.45) is 3.23. The minimum absolute atomic E-state index is 0.0568. The minimum Gasteiger partial charge on any atom is -0.369 e.